The van der Waals surface area contributed by atoms with Gasteiger partial charge in [0.25, 0.3) is 0 Å². The highest BCUT2D eigenvalue weighted by molar-refractivity contribution is 6.07. The van der Waals surface area contributed by atoms with Crippen molar-refractivity contribution in [3.63, 3.8) is 0 Å². The largest absolute Gasteiger partial charge is 0.305 e. The SMILES string of the molecule is CCCCc1cc(CCCC)cc(-c2cc(-c3cc(-c4ccccc4)nc(-c4ccccc4)n3)cc(-c3nc(-c4ccccc4)nc(-c4ccccc4)n3)c2N2c3ccccc3N(c3nc(-c4ccccc4)cc(-c4ccccc4)n3)c3ccccc32)c1. The van der Waals surface area contributed by atoms with Crippen molar-refractivity contribution in [2.24, 2.45) is 0 Å². The maximum atomic E-state index is 5.61. The van der Waals surface area contributed by atoms with E-state index in [0.717, 1.165) is 145 Å². The quantitative estimate of drug-likeness (QED) is 0.0883. The molecular weight excluding hydrogens is 1070 g/mol. The van der Waals surface area contributed by atoms with Gasteiger partial charge in [-0.25, -0.2) is 34.9 Å². The molecule has 0 spiro atoms. The van der Waals surface area contributed by atoms with Gasteiger partial charge in [-0.05, 0) is 90.9 Å². The monoisotopic (exact) mass is 1140 g/mol. The predicted molar refractivity (Wildman–Crippen MR) is 360 cm³/mol. The molecule has 0 fully saturated rings. The Morgan fingerprint density at radius 3 is 1.00 bits per heavy atom. The third kappa shape index (κ3) is 11.2. The van der Waals surface area contributed by atoms with Crippen LogP contribution in [0.4, 0.5) is 34.4 Å². The normalized spacial score (nSPS) is 11.8. The average molecular weight is 1140 g/mol. The molecular formula is C79H63N9. The molecule has 4 heterocycles. The number of aromatic nitrogens is 7. The summed E-state index contributed by atoms with van der Waals surface area (Å²) in [6, 6.07) is 95.2. The van der Waals surface area contributed by atoms with Crippen LogP contribution >= 0.6 is 0 Å². The van der Waals surface area contributed by atoms with Gasteiger partial charge in [-0.3, -0.25) is 4.90 Å². The average Bonchev–Trinajstić information content (AvgIpc) is 0.796. The molecule has 0 radical (unpaired) electrons. The molecule has 0 saturated heterocycles. The van der Waals surface area contributed by atoms with E-state index in [9.17, 15) is 0 Å². The highest BCUT2D eigenvalue weighted by Gasteiger charge is 2.36. The van der Waals surface area contributed by atoms with Crippen LogP contribution in [-0.4, -0.2) is 34.9 Å². The molecule has 10 aromatic carbocycles. The van der Waals surface area contributed by atoms with Crippen molar-refractivity contribution >= 4 is 34.4 Å². The summed E-state index contributed by atoms with van der Waals surface area (Å²) in [5.74, 6) is 2.79. The van der Waals surface area contributed by atoms with Crippen LogP contribution in [0, 0.1) is 0 Å². The number of hydrogen-bond acceptors (Lipinski definition) is 9. The minimum absolute atomic E-state index is 0.503. The van der Waals surface area contributed by atoms with Crippen molar-refractivity contribution in [1.82, 2.24) is 34.9 Å². The molecule has 3 aromatic heterocycles. The lowest BCUT2D eigenvalue weighted by Crippen LogP contribution is -2.26. The summed E-state index contributed by atoms with van der Waals surface area (Å²) in [5, 5.41) is 0. The molecule has 1 aliphatic heterocycles. The second-order valence-corrected chi connectivity index (χ2v) is 22.2. The summed E-state index contributed by atoms with van der Waals surface area (Å²) in [5.41, 5.74) is 19.7. The first-order chi connectivity index (χ1) is 43.5. The van der Waals surface area contributed by atoms with Gasteiger partial charge < -0.3 is 4.90 Å². The van der Waals surface area contributed by atoms with E-state index in [-0.39, 0.29) is 0 Å². The van der Waals surface area contributed by atoms with Crippen LogP contribution in [0.1, 0.15) is 50.7 Å². The lowest BCUT2D eigenvalue weighted by Gasteiger charge is -2.40. The number of aryl methyl sites for hydroxylation is 2. The Morgan fingerprint density at radius 1 is 0.261 bits per heavy atom. The molecule has 0 unspecified atom stereocenters. The Balaban J connectivity index is 1.10. The fourth-order valence-electron chi connectivity index (χ4n) is 11.8. The van der Waals surface area contributed by atoms with Gasteiger partial charge in [-0.1, -0.05) is 251 Å². The van der Waals surface area contributed by atoms with E-state index in [4.69, 9.17) is 34.9 Å². The second kappa shape index (κ2) is 24.9. The molecule has 1 aliphatic rings. The standard InChI is InChI=1S/C79H63N9/c1-3-5-29-54-47-55(30-6-4-2)49-62(48-54)64-50-63(69-52-66(56-31-13-7-14-32-56)80-75(81-69)59-37-19-10-20-38-59)51-65(78-85-76(60-39-21-11-22-40-60)84-77(86-78)61-41-23-12-24-42-61)74(64)87-70-43-25-27-45-72(70)88(73-46-28-26-44-71(73)87)79-82-67(57-33-15-8-16-34-57)53-68(83-79)58-35-17-9-18-36-58/h7-28,31-53H,3-6,29-30H2,1-2H3. The fourth-order valence-corrected chi connectivity index (χ4v) is 11.8. The van der Waals surface area contributed by atoms with E-state index >= 15 is 0 Å². The van der Waals surface area contributed by atoms with Crippen LogP contribution in [0.15, 0.2) is 273 Å². The molecule has 9 heteroatoms. The first-order valence-electron chi connectivity index (χ1n) is 30.5. The van der Waals surface area contributed by atoms with E-state index in [1.807, 2.05) is 72.8 Å². The number of para-hydroxylation sites is 4. The van der Waals surface area contributed by atoms with Crippen molar-refractivity contribution in [2.45, 2.75) is 52.4 Å². The molecule has 14 rings (SSSR count). The summed E-state index contributed by atoms with van der Waals surface area (Å²) >= 11 is 0. The third-order valence-corrected chi connectivity index (χ3v) is 16.2. The van der Waals surface area contributed by atoms with E-state index in [0.29, 0.717) is 29.2 Å². The Hall–Kier alpha value is -11.0. The van der Waals surface area contributed by atoms with Crippen molar-refractivity contribution in [3.05, 3.63) is 284 Å². The molecule has 0 bridgehead atoms. The molecule has 424 valence electrons. The first kappa shape index (κ1) is 54.9. The lowest BCUT2D eigenvalue weighted by molar-refractivity contribution is 0.781. The van der Waals surface area contributed by atoms with Gasteiger partial charge in [0.1, 0.15) is 0 Å². The zero-order valence-corrected chi connectivity index (χ0v) is 49.2. The van der Waals surface area contributed by atoms with Crippen molar-refractivity contribution in [1.29, 1.82) is 0 Å². The highest BCUT2D eigenvalue weighted by atomic mass is 15.3. The highest BCUT2D eigenvalue weighted by Crippen LogP contribution is 2.58. The van der Waals surface area contributed by atoms with E-state index < -0.39 is 0 Å². The van der Waals surface area contributed by atoms with Crippen LogP contribution < -0.4 is 9.80 Å². The number of anilines is 6. The van der Waals surface area contributed by atoms with Gasteiger partial charge in [0.05, 0.1) is 51.2 Å². The summed E-state index contributed by atoms with van der Waals surface area (Å²) < 4.78 is 0. The van der Waals surface area contributed by atoms with E-state index in [1.54, 1.807) is 0 Å². The van der Waals surface area contributed by atoms with Gasteiger partial charge in [0.2, 0.25) is 5.95 Å². The van der Waals surface area contributed by atoms with Crippen LogP contribution in [0.3, 0.4) is 0 Å². The topological polar surface area (TPSA) is 96.7 Å². The van der Waals surface area contributed by atoms with E-state index in [2.05, 4.69) is 224 Å². The van der Waals surface area contributed by atoms with Crippen LogP contribution in [0.25, 0.3) is 102 Å². The number of fused-ring (bicyclic) bond motifs is 2. The zero-order chi connectivity index (χ0) is 59.2. The van der Waals surface area contributed by atoms with Gasteiger partial charge in [0.15, 0.2) is 23.3 Å². The fraction of sp³-hybridized carbons (Fsp3) is 0.101. The minimum Gasteiger partial charge on any atom is -0.305 e. The van der Waals surface area contributed by atoms with Gasteiger partial charge in [0, 0.05) is 50.1 Å². The Labute approximate surface area is 514 Å². The Kier molecular flexibility index (Phi) is 15.5. The molecule has 0 saturated carbocycles. The van der Waals surface area contributed by atoms with Gasteiger partial charge in [-0.15, -0.1) is 0 Å². The summed E-state index contributed by atoms with van der Waals surface area (Å²) in [7, 11) is 0. The molecule has 88 heavy (non-hydrogen) atoms. The predicted octanol–water partition coefficient (Wildman–Crippen LogP) is 20.4. The second-order valence-electron chi connectivity index (χ2n) is 22.2. The maximum absolute atomic E-state index is 5.61. The molecule has 0 atom stereocenters. The number of nitrogens with zero attached hydrogens (tertiary/aromatic N) is 9. The van der Waals surface area contributed by atoms with Crippen LogP contribution in [-0.2, 0) is 12.8 Å². The summed E-state index contributed by atoms with van der Waals surface area (Å²) in [4.78, 5) is 42.9. The minimum atomic E-state index is 0.503. The van der Waals surface area contributed by atoms with Crippen LogP contribution in [0.5, 0.6) is 0 Å². The molecule has 9 nitrogen and oxygen atoms in total. The van der Waals surface area contributed by atoms with Crippen molar-refractivity contribution in [3.8, 4) is 102 Å². The molecule has 0 N–H and O–H groups in total. The van der Waals surface area contributed by atoms with Gasteiger partial charge >= 0.3 is 0 Å². The number of unbranched alkanes of at least 4 members (excludes halogenated alkanes) is 2. The first-order valence-corrected chi connectivity index (χ1v) is 30.5. The number of hydrogen-bond donors (Lipinski definition) is 0. The third-order valence-electron chi connectivity index (χ3n) is 16.2. The lowest BCUT2D eigenvalue weighted by atomic mass is 9.89. The van der Waals surface area contributed by atoms with Crippen molar-refractivity contribution in [2.75, 3.05) is 9.80 Å². The van der Waals surface area contributed by atoms with E-state index in [1.165, 1.54) is 11.1 Å². The van der Waals surface area contributed by atoms with Crippen molar-refractivity contribution < 1.29 is 0 Å². The molecule has 0 aliphatic carbocycles. The zero-order valence-electron chi connectivity index (χ0n) is 49.2. The summed E-state index contributed by atoms with van der Waals surface area (Å²) in [6.07, 6.45) is 6.19. The smallest absolute Gasteiger partial charge is 0.235 e. The maximum Gasteiger partial charge on any atom is 0.235 e. The van der Waals surface area contributed by atoms with Gasteiger partial charge in [-0.2, -0.15) is 0 Å². The number of benzene rings is 10. The molecule has 0 amide bonds. The molecule has 13 aromatic rings. The Bertz CT molecular complexity index is 4340. The summed E-state index contributed by atoms with van der Waals surface area (Å²) in [6.45, 7) is 4.54. The Morgan fingerprint density at radius 2 is 0.591 bits per heavy atom. The number of rotatable bonds is 17. The van der Waals surface area contributed by atoms with Crippen LogP contribution in [0.2, 0.25) is 0 Å².